The van der Waals surface area contributed by atoms with Gasteiger partial charge in [0.25, 0.3) is 0 Å². The standard InChI is InChI=1S/C18H23ClN2/c1-4-20-12-16-11-14(2)5-10-18(16)21(3)13-15-6-8-17(19)9-7-15/h5-11,20H,4,12-13H2,1-3H3. The molecule has 0 spiro atoms. The van der Waals surface area contributed by atoms with Crippen molar-refractivity contribution in [1.29, 1.82) is 0 Å². The molecular formula is C18H23ClN2. The maximum absolute atomic E-state index is 5.94. The molecule has 2 rings (SSSR count). The summed E-state index contributed by atoms with van der Waals surface area (Å²) in [6.07, 6.45) is 0. The monoisotopic (exact) mass is 302 g/mol. The lowest BCUT2D eigenvalue weighted by molar-refractivity contribution is 0.722. The molecule has 0 atom stereocenters. The Morgan fingerprint density at radius 1 is 1.10 bits per heavy atom. The molecule has 0 saturated heterocycles. The molecule has 112 valence electrons. The van der Waals surface area contributed by atoms with Crippen LogP contribution in [0.2, 0.25) is 5.02 Å². The molecule has 3 heteroatoms. The zero-order valence-electron chi connectivity index (χ0n) is 13.0. The number of nitrogens with zero attached hydrogens (tertiary/aromatic N) is 1. The van der Waals surface area contributed by atoms with Gasteiger partial charge in [-0.3, -0.25) is 0 Å². The van der Waals surface area contributed by atoms with Crippen LogP contribution >= 0.6 is 11.6 Å². The number of anilines is 1. The van der Waals surface area contributed by atoms with Gasteiger partial charge < -0.3 is 10.2 Å². The third-order valence-electron chi connectivity index (χ3n) is 3.54. The Kier molecular flexibility index (Phi) is 5.66. The van der Waals surface area contributed by atoms with Gasteiger partial charge in [-0.2, -0.15) is 0 Å². The highest BCUT2D eigenvalue weighted by atomic mass is 35.5. The van der Waals surface area contributed by atoms with Crippen LogP contribution in [0.3, 0.4) is 0 Å². The molecule has 21 heavy (non-hydrogen) atoms. The fourth-order valence-electron chi connectivity index (χ4n) is 2.44. The lowest BCUT2D eigenvalue weighted by Gasteiger charge is -2.23. The van der Waals surface area contributed by atoms with E-state index >= 15 is 0 Å². The van der Waals surface area contributed by atoms with Crippen LogP contribution in [0.1, 0.15) is 23.6 Å². The number of halogens is 1. The van der Waals surface area contributed by atoms with Crippen LogP contribution in [0.25, 0.3) is 0 Å². The minimum Gasteiger partial charge on any atom is -0.370 e. The van der Waals surface area contributed by atoms with Crippen LogP contribution in [0.4, 0.5) is 5.69 Å². The average molecular weight is 303 g/mol. The molecule has 0 aromatic heterocycles. The number of hydrogen-bond acceptors (Lipinski definition) is 2. The van der Waals surface area contributed by atoms with Gasteiger partial charge in [-0.25, -0.2) is 0 Å². The van der Waals surface area contributed by atoms with Gasteiger partial charge in [-0.15, -0.1) is 0 Å². The van der Waals surface area contributed by atoms with Gasteiger partial charge in [-0.05, 0) is 42.8 Å². The third kappa shape index (κ3) is 4.48. The van der Waals surface area contributed by atoms with Crippen molar-refractivity contribution >= 4 is 17.3 Å². The molecule has 0 aliphatic rings. The topological polar surface area (TPSA) is 15.3 Å². The summed E-state index contributed by atoms with van der Waals surface area (Å²) < 4.78 is 0. The van der Waals surface area contributed by atoms with Gasteiger partial charge in [-0.1, -0.05) is 48.4 Å². The quantitative estimate of drug-likeness (QED) is 0.851. The van der Waals surface area contributed by atoms with Crippen LogP contribution in [-0.4, -0.2) is 13.6 Å². The molecule has 2 aromatic carbocycles. The van der Waals surface area contributed by atoms with Crippen molar-refractivity contribution in [1.82, 2.24) is 5.32 Å². The second-order valence-electron chi connectivity index (χ2n) is 5.40. The van der Waals surface area contributed by atoms with Crippen molar-refractivity contribution in [2.75, 3.05) is 18.5 Å². The summed E-state index contributed by atoms with van der Waals surface area (Å²) >= 11 is 5.94. The number of aryl methyl sites for hydroxylation is 1. The summed E-state index contributed by atoms with van der Waals surface area (Å²) in [6.45, 7) is 7.03. The smallest absolute Gasteiger partial charge is 0.0426 e. The van der Waals surface area contributed by atoms with E-state index in [0.717, 1.165) is 24.7 Å². The normalized spacial score (nSPS) is 10.7. The molecule has 0 aliphatic carbocycles. The van der Waals surface area contributed by atoms with E-state index in [1.807, 2.05) is 12.1 Å². The Balaban J connectivity index is 2.17. The highest BCUT2D eigenvalue weighted by molar-refractivity contribution is 6.30. The Labute approximate surface area is 132 Å². The summed E-state index contributed by atoms with van der Waals surface area (Å²) in [6, 6.07) is 14.7. The summed E-state index contributed by atoms with van der Waals surface area (Å²) in [7, 11) is 2.13. The molecule has 0 bridgehead atoms. The van der Waals surface area contributed by atoms with Crippen molar-refractivity contribution in [3.05, 3.63) is 64.2 Å². The van der Waals surface area contributed by atoms with Crippen molar-refractivity contribution in [2.45, 2.75) is 26.9 Å². The van der Waals surface area contributed by atoms with Crippen molar-refractivity contribution < 1.29 is 0 Å². The fraction of sp³-hybridized carbons (Fsp3) is 0.333. The highest BCUT2D eigenvalue weighted by Crippen LogP contribution is 2.23. The van der Waals surface area contributed by atoms with E-state index in [4.69, 9.17) is 11.6 Å². The van der Waals surface area contributed by atoms with Gasteiger partial charge in [0.15, 0.2) is 0 Å². The summed E-state index contributed by atoms with van der Waals surface area (Å²) in [5.74, 6) is 0. The summed E-state index contributed by atoms with van der Waals surface area (Å²) in [5.41, 5.74) is 5.17. The SMILES string of the molecule is CCNCc1cc(C)ccc1N(C)Cc1ccc(Cl)cc1. The first-order chi connectivity index (χ1) is 10.1. The van der Waals surface area contributed by atoms with E-state index in [2.05, 4.69) is 61.4 Å². The van der Waals surface area contributed by atoms with Crippen LogP contribution < -0.4 is 10.2 Å². The fourth-order valence-corrected chi connectivity index (χ4v) is 2.56. The van der Waals surface area contributed by atoms with Crippen molar-refractivity contribution in [3.8, 4) is 0 Å². The molecule has 0 fully saturated rings. The Morgan fingerprint density at radius 2 is 1.81 bits per heavy atom. The van der Waals surface area contributed by atoms with E-state index in [1.54, 1.807) is 0 Å². The van der Waals surface area contributed by atoms with Crippen molar-refractivity contribution in [2.24, 2.45) is 0 Å². The molecule has 2 aromatic rings. The van der Waals surface area contributed by atoms with Crippen LogP contribution in [0, 0.1) is 6.92 Å². The summed E-state index contributed by atoms with van der Waals surface area (Å²) in [5, 5.41) is 4.20. The second-order valence-corrected chi connectivity index (χ2v) is 5.83. The van der Waals surface area contributed by atoms with E-state index in [9.17, 15) is 0 Å². The van der Waals surface area contributed by atoms with E-state index in [1.165, 1.54) is 22.4 Å². The van der Waals surface area contributed by atoms with Crippen LogP contribution in [0.15, 0.2) is 42.5 Å². The first-order valence-electron chi connectivity index (χ1n) is 7.36. The Hall–Kier alpha value is -1.51. The predicted octanol–water partition coefficient (Wildman–Crippen LogP) is 4.39. The maximum atomic E-state index is 5.94. The zero-order chi connectivity index (χ0) is 15.2. The predicted molar refractivity (Wildman–Crippen MR) is 92.1 cm³/mol. The minimum atomic E-state index is 0.782. The molecule has 0 heterocycles. The first kappa shape index (κ1) is 15.9. The highest BCUT2D eigenvalue weighted by Gasteiger charge is 2.08. The zero-order valence-corrected chi connectivity index (χ0v) is 13.7. The number of rotatable bonds is 6. The van der Waals surface area contributed by atoms with Crippen LogP contribution in [-0.2, 0) is 13.1 Å². The van der Waals surface area contributed by atoms with Gasteiger partial charge in [0.2, 0.25) is 0 Å². The van der Waals surface area contributed by atoms with E-state index in [0.29, 0.717) is 0 Å². The molecule has 2 nitrogen and oxygen atoms in total. The summed E-state index contributed by atoms with van der Waals surface area (Å²) in [4.78, 5) is 2.29. The van der Waals surface area contributed by atoms with Gasteiger partial charge in [0.05, 0.1) is 0 Å². The second kappa shape index (κ2) is 7.48. The van der Waals surface area contributed by atoms with Gasteiger partial charge in [0, 0.05) is 30.8 Å². The molecule has 1 N–H and O–H groups in total. The molecule has 0 amide bonds. The largest absolute Gasteiger partial charge is 0.370 e. The van der Waals surface area contributed by atoms with E-state index in [-0.39, 0.29) is 0 Å². The van der Waals surface area contributed by atoms with Gasteiger partial charge in [0.1, 0.15) is 0 Å². The van der Waals surface area contributed by atoms with E-state index < -0.39 is 0 Å². The lowest BCUT2D eigenvalue weighted by Crippen LogP contribution is -2.20. The lowest BCUT2D eigenvalue weighted by atomic mass is 10.1. The van der Waals surface area contributed by atoms with Crippen molar-refractivity contribution in [3.63, 3.8) is 0 Å². The third-order valence-corrected chi connectivity index (χ3v) is 3.80. The average Bonchev–Trinajstić information content (AvgIpc) is 2.47. The maximum Gasteiger partial charge on any atom is 0.0426 e. The van der Waals surface area contributed by atoms with Crippen LogP contribution in [0.5, 0.6) is 0 Å². The number of nitrogens with one attached hydrogen (secondary N) is 1. The molecule has 0 unspecified atom stereocenters. The Bertz CT molecular complexity index is 578. The molecule has 0 saturated carbocycles. The first-order valence-corrected chi connectivity index (χ1v) is 7.73. The number of hydrogen-bond donors (Lipinski definition) is 1. The van der Waals surface area contributed by atoms with Gasteiger partial charge >= 0.3 is 0 Å². The Morgan fingerprint density at radius 3 is 2.48 bits per heavy atom. The number of benzene rings is 2. The molecule has 0 radical (unpaired) electrons. The molecular weight excluding hydrogens is 280 g/mol. The molecule has 0 aliphatic heterocycles. The minimum absolute atomic E-state index is 0.782.